The van der Waals surface area contributed by atoms with E-state index < -0.39 is 0 Å². The summed E-state index contributed by atoms with van der Waals surface area (Å²) in [5, 5.41) is 0. The lowest BCUT2D eigenvalue weighted by atomic mass is 9.96. The van der Waals surface area contributed by atoms with Crippen molar-refractivity contribution in [2.45, 2.75) is 6.54 Å². The van der Waals surface area contributed by atoms with E-state index >= 15 is 0 Å². The van der Waals surface area contributed by atoms with Crippen molar-refractivity contribution in [1.29, 1.82) is 0 Å². The van der Waals surface area contributed by atoms with Crippen LogP contribution in [-0.2, 0) is 6.54 Å². The van der Waals surface area contributed by atoms with Crippen molar-refractivity contribution in [1.82, 2.24) is 0 Å². The van der Waals surface area contributed by atoms with Crippen LogP contribution >= 0.6 is 0 Å². The minimum Gasteiger partial charge on any atom is -0.194 e. The molecule has 0 aliphatic carbocycles. The third-order valence-electron chi connectivity index (χ3n) is 4.97. The number of fused-ring (bicyclic) bond motifs is 3. The van der Waals surface area contributed by atoms with Gasteiger partial charge in [0, 0.05) is 17.7 Å². The summed E-state index contributed by atoms with van der Waals surface area (Å²) >= 11 is 0. The van der Waals surface area contributed by atoms with Crippen LogP contribution in [-0.4, -0.2) is 0 Å². The quantitative estimate of drug-likeness (QED) is 0.387. The Morgan fingerprint density at radius 1 is 0.560 bits per heavy atom. The first-order chi connectivity index (χ1) is 12.4. The smallest absolute Gasteiger partial charge is 0.194 e. The van der Waals surface area contributed by atoms with Gasteiger partial charge >= 0.3 is 0 Å². The maximum absolute atomic E-state index is 2.33. The lowest BCUT2D eigenvalue weighted by molar-refractivity contribution is -0.672. The van der Waals surface area contributed by atoms with Gasteiger partial charge < -0.3 is 0 Å². The van der Waals surface area contributed by atoms with E-state index in [0.717, 1.165) is 6.54 Å². The summed E-state index contributed by atoms with van der Waals surface area (Å²) in [7, 11) is 0. The molecule has 0 saturated heterocycles. The number of hydrogen-bond acceptors (Lipinski definition) is 0. The summed E-state index contributed by atoms with van der Waals surface area (Å²) in [5.74, 6) is 0. The van der Waals surface area contributed by atoms with Gasteiger partial charge in [0.1, 0.15) is 0 Å². The molecule has 0 amide bonds. The van der Waals surface area contributed by atoms with Gasteiger partial charge in [0.05, 0.1) is 5.56 Å². The van der Waals surface area contributed by atoms with Gasteiger partial charge in [0.25, 0.3) is 0 Å². The Labute approximate surface area is 147 Å². The van der Waals surface area contributed by atoms with Crippen molar-refractivity contribution in [2.75, 3.05) is 0 Å². The average Bonchev–Trinajstić information content (AvgIpc) is 3.07. The van der Waals surface area contributed by atoms with Crippen molar-refractivity contribution in [3.05, 3.63) is 103 Å². The fourth-order valence-electron chi connectivity index (χ4n) is 3.68. The van der Waals surface area contributed by atoms with E-state index in [0.29, 0.717) is 0 Å². The molecule has 1 aliphatic heterocycles. The molecular weight excluding hydrogens is 302 g/mol. The average molecular weight is 320 g/mol. The van der Waals surface area contributed by atoms with Gasteiger partial charge in [0.2, 0.25) is 5.69 Å². The molecule has 0 bridgehead atoms. The van der Waals surface area contributed by atoms with Gasteiger partial charge in [-0.3, -0.25) is 0 Å². The van der Waals surface area contributed by atoms with Crippen molar-refractivity contribution in [2.24, 2.45) is 0 Å². The number of hydrogen-bond donors (Lipinski definition) is 0. The highest BCUT2D eigenvalue weighted by Gasteiger charge is 2.25. The minimum atomic E-state index is 0.968. The zero-order valence-corrected chi connectivity index (χ0v) is 13.9. The second-order valence-corrected chi connectivity index (χ2v) is 6.53. The minimum absolute atomic E-state index is 0.968. The van der Waals surface area contributed by atoms with Gasteiger partial charge in [-0.2, -0.15) is 4.57 Å². The van der Waals surface area contributed by atoms with E-state index in [1.54, 1.807) is 0 Å². The van der Waals surface area contributed by atoms with E-state index in [1.807, 2.05) is 0 Å². The Morgan fingerprint density at radius 3 is 2.16 bits per heavy atom. The molecule has 0 saturated carbocycles. The van der Waals surface area contributed by atoms with Gasteiger partial charge in [-0.05, 0) is 40.5 Å². The lowest BCUT2D eigenvalue weighted by Crippen LogP contribution is -2.31. The third kappa shape index (κ3) is 2.45. The van der Waals surface area contributed by atoms with Crippen LogP contribution in [0.2, 0.25) is 0 Å². The fraction of sp³-hybridized carbons (Fsp3) is 0.0417. The highest BCUT2D eigenvalue weighted by Crippen LogP contribution is 2.32. The van der Waals surface area contributed by atoms with E-state index in [4.69, 9.17) is 0 Å². The summed E-state index contributed by atoms with van der Waals surface area (Å²) < 4.78 is 2.31. The number of aromatic nitrogens is 1. The van der Waals surface area contributed by atoms with Crippen LogP contribution in [0, 0.1) is 0 Å². The molecule has 1 aromatic heterocycles. The Morgan fingerprint density at radius 2 is 1.28 bits per heavy atom. The van der Waals surface area contributed by atoms with Crippen molar-refractivity contribution < 1.29 is 4.57 Å². The van der Waals surface area contributed by atoms with Crippen LogP contribution < -0.4 is 4.57 Å². The number of nitrogens with zero attached hydrogens (tertiary/aromatic N) is 1. The lowest BCUT2D eigenvalue weighted by Gasteiger charge is -2.07. The zero-order valence-electron chi connectivity index (χ0n) is 13.9. The first-order valence-corrected chi connectivity index (χ1v) is 8.66. The largest absolute Gasteiger partial charge is 0.213 e. The molecule has 2 heterocycles. The Kier molecular flexibility index (Phi) is 3.24. The fourth-order valence-corrected chi connectivity index (χ4v) is 3.68. The predicted molar refractivity (Wildman–Crippen MR) is 102 cm³/mol. The van der Waals surface area contributed by atoms with E-state index in [2.05, 4.69) is 102 Å². The highest BCUT2D eigenvalue weighted by molar-refractivity contribution is 5.77. The number of pyridine rings is 1. The van der Waals surface area contributed by atoms with Gasteiger partial charge in [-0.1, -0.05) is 60.7 Å². The molecule has 0 unspecified atom stereocenters. The molecule has 1 heteroatoms. The number of rotatable bonds is 2. The van der Waals surface area contributed by atoms with E-state index in [1.165, 1.54) is 39.1 Å². The summed E-state index contributed by atoms with van der Waals surface area (Å²) in [5.41, 5.74) is 9.10. The van der Waals surface area contributed by atoms with E-state index in [-0.39, 0.29) is 0 Å². The van der Waals surface area contributed by atoms with Crippen LogP contribution in [0.25, 0.3) is 33.5 Å². The maximum atomic E-state index is 2.33. The first kappa shape index (κ1) is 14.2. The maximum Gasteiger partial charge on any atom is 0.213 e. The van der Waals surface area contributed by atoms with Gasteiger partial charge in [-0.25, -0.2) is 0 Å². The van der Waals surface area contributed by atoms with Crippen molar-refractivity contribution in [3.8, 4) is 33.5 Å². The molecule has 0 atom stereocenters. The molecule has 0 radical (unpaired) electrons. The SMILES string of the molecule is c1ccc(-c2cccc(-c3ccc4c(c3)-c3cccc[n+]3C4)c2)cc1. The van der Waals surface area contributed by atoms with Crippen LogP contribution in [0.3, 0.4) is 0 Å². The summed E-state index contributed by atoms with van der Waals surface area (Å²) in [4.78, 5) is 0. The Hall–Kier alpha value is -3.19. The zero-order chi connectivity index (χ0) is 16.6. The molecule has 0 fully saturated rings. The van der Waals surface area contributed by atoms with Crippen LogP contribution in [0.4, 0.5) is 0 Å². The van der Waals surface area contributed by atoms with E-state index in [9.17, 15) is 0 Å². The molecule has 1 nitrogen and oxygen atoms in total. The summed E-state index contributed by atoms with van der Waals surface area (Å²) in [6.07, 6.45) is 2.16. The van der Waals surface area contributed by atoms with Crippen LogP contribution in [0.15, 0.2) is 97.2 Å². The second-order valence-electron chi connectivity index (χ2n) is 6.53. The molecule has 1 aliphatic rings. The van der Waals surface area contributed by atoms with Crippen molar-refractivity contribution in [3.63, 3.8) is 0 Å². The first-order valence-electron chi connectivity index (χ1n) is 8.66. The molecular formula is C24H18N+. The Balaban J connectivity index is 1.60. The monoisotopic (exact) mass is 320 g/mol. The third-order valence-corrected chi connectivity index (χ3v) is 4.97. The molecule has 3 aromatic carbocycles. The molecule has 4 aromatic rings. The predicted octanol–water partition coefficient (Wildman–Crippen LogP) is 5.34. The van der Waals surface area contributed by atoms with Crippen molar-refractivity contribution >= 4 is 0 Å². The second kappa shape index (κ2) is 5.71. The molecule has 118 valence electrons. The highest BCUT2D eigenvalue weighted by atomic mass is 15.0. The van der Waals surface area contributed by atoms with Gasteiger partial charge in [0.15, 0.2) is 12.7 Å². The van der Waals surface area contributed by atoms with Crippen LogP contribution in [0.5, 0.6) is 0 Å². The summed E-state index contributed by atoms with van der Waals surface area (Å²) in [6, 6.07) is 32.6. The standard InChI is InChI=1S/C24H18N/c1-2-7-18(8-3-1)19-9-6-10-20(15-19)21-12-13-22-17-25-14-5-4-11-24(25)23(22)16-21/h1-16H,17H2/q+1. The normalized spacial score (nSPS) is 11.8. The molecule has 5 rings (SSSR count). The number of benzene rings is 3. The van der Waals surface area contributed by atoms with Gasteiger partial charge in [-0.15, -0.1) is 0 Å². The molecule has 0 spiro atoms. The topological polar surface area (TPSA) is 3.88 Å². The summed E-state index contributed by atoms with van der Waals surface area (Å²) in [6.45, 7) is 0.968. The molecule has 25 heavy (non-hydrogen) atoms. The van der Waals surface area contributed by atoms with Crippen LogP contribution in [0.1, 0.15) is 5.56 Å². The molecule has 0 N–H and O–H groups in total. The Bertz CT molecular complexity index is 1060.